The van der Waals surface area contributed by atoms with Crippen molar-refractivity contribution in [1.29, 1.82) is 0 Å². The lowest BCUT2D eigenvalue weighted by Crippen LogP contribution is -2.45. The third-order valence-electron chi connectivity index (χ3n) is 3.94. The van der Waals surface area contributed by atoms with E-state index in [0.717, 1.165) is 26.0 Å². The second kappa shape index (κ2) is 6.15. The van der Waals surface area contributed by atoms with Crippen LogP contribution in [0.15, 0.2) is 17.5 Å². The summed E-state index contributed by atoms with van der Waals surface area (Å²) in [7, 11) is 2.14. The van der Waals surface area contributed by atoms with Crippen LogP contribution < -0.4 is 0 Å². The summed E-state index contributed by atoms with van der Waals surface area (Å²) >= 11 is 1.79. The molecule has 1 saturated heterocycles. The van der Waals surface area contributed by atoms with Crippen LogP contribution in [-0.2, 0) is 4.74 Å². The molecule has 1 aromatic rings. The maximum absolute atomic E-state index is 9.70. The molecule has 1 N–H and O–H groups in total. The van der Waals surface area contributed by atoms with Crippen molar-refractivity contribution in [3.8, 4) is 0 Å². The summed E-state index contributed by atoms with van der Waals surface area (Å²) in [6.45, 7) is 4.86. The first-order valence-corrected chi connectivity index (χ1v) is 7.47. The number of aliphatic hydroxyl groups is 1. The van der Waals surface area contributed by atoms with Gasteiger partial charge in [0, 0.05) is 29.5 Å². The maximum Gasteiger partial charge on any atom is 0.0556 e. The molecule has 18 heavy (non-hydrogen) atoms. The molecule has 0 saturated carbocycles. The first-order chi connectivity index (χ1) is 8.67. The van der Waals surface area contributed by atoms with E-state index < -0.39 is 0 Å². The summed E-state index contributed by atoms with van der Waals surface area (Å²) in [5.41, 5.74) is -0.0709. The molecule has 1 aliphatic rings. The fourth-order valence-corrected chi connectivity index (χ4v) is 3.47. The highest BCUT2D eigenvalue weighted by molar-refractivity contribution is 7.10. The Morgan fingerprint density at radius 3 is 3.00 bits per heavy atom. The summed E-state index contributed by atoms with van der Waals surface area (Å²) in [6, 6.07) is 4.67. The molecule has 2 rings (SSSR count). The number of thiophene rings is 1. The lowest BCUT2D eigenvalue weighted by molar-refractivity contribution is -0.0562. The fraction of sp³-hybridized carbons (Fsp3) is 0.714. The van der Waals surface area contributed by atoms with Crippen LogP contribution in [0, 0.1) is 5.41 Å². The highest BCUT2D eigenvalue weighted by Crippen LogP contribution is 2.32. The van der Waals surface area contributed by atoms with E-state index in [4.69, 9.17) is 4.74 Å². The largest absolute Gasteiger partial charge is 0.396 e. The minimum absolute atomic E-state index is 0.0709. The number of aliphatic hydroxyl groups excluding tert-OH is 1. The smallest absolute Gasteiger partial charge is 0.0556 e. The molecular formula is C14H23NO2S. The van der Waals surface area contributed by atoms with Crippen molar-refractivity contribution in [2.24, 2.45) is 5.41 Å². The zero-order chi connectivity index (χ0) is 13.0. The molecule has 0 aliphatic carbocycles. The summed E-state index contributed by atoms with van der Waals surface area (Å²) in [6.07, 6.45) is 2.12. The van der Waals surface area contributed by atoms with Gasteiger partial charge in [-0.3, -0.25) is 4.90 Å². The molecule has 1 fully saturated rings. The fourth-order valence-electron chi connectivity index (χ4n) is 2.62. The van der Waals surface area contributed by atoms with Gasteiger partial charge in [-0.15, -0.1) is 11.3 Å². The molecule has 1 aliphatic heterocycles. The molecular weight excluding hydrogens is 246 g/mol. The summed E-state index contributed by atoms with van der Waals surface area (Å²) in [4.78, 5) is 3.71. The number of hydrogen-bond donors (Lipinski definition) is 1. The highest BCUT2D eigenvalue weighted by atomic mass is 32.1. The van der Waals surface area contributed by atoms with Crippen LogP contribution in [0.2, 0.25) is 0 Å². The van der Waals surface area contributed by atoms with Crippen molar-refractivity contribution in [3.63, 3.8) is 0 Å². The Kier molecular flexibility index (Phi) is 4.78. The second-order valence-corrected chi connectivity index (χ2v) is 6.40. The molecule has 0 spiro atoms. The quantitative estimate of drug-likeness (QED) is 0.891. The molecule has 4 heteroatoms. The van der Waals surface area contributed by atoms with E-state index in [0.29, 0.717) is 12.6 Å². The third-order valence-corrected chi connectivity index (χ3v) is 4.98. The van der Waals surface area contributed by atoms with E-state index in [1.807, 2.05) is 0 Å². The van der Waals surface area contributed by atoms with Gasteiger partial charge in [0.1, 0.15) is 0 Å². The van der Waals surface area contributed by atoms with Gasteiger partial charge in [-0.25, -0.2) is 0 Å². The normalized spacial score (nSPS) is 26.4. The minimum Gasteiger partial charge on any atom is -0.396 e. The van der Waals surface area contributed by atoms with Crippen LogP contribution >= 0.6 is 11.3 Å². The molecule has 0 radical (unpaired) electrons. The van der Waals surface area contributed by atoms with Gasteiger partial charge >= 0.3 is 0 Å². The predicted octanol–water partition coefficient (Wildman–Crippen LogP) is 2.53. The average Bonchev–Trinajstić information content (AvgIpc) is 2.92. The molecule has 0 amide bonds. The number of nitrogens with zero attached hydrogens (tertiary/aromatic N) is 1. The Hall–Kier alpha value is -0.420. The van der Waals surface area contributed by atoms with E-state index >= 15 is 0 Å². The van der Waals surface area contributed by atoms with Crippen LogP contribution in [0.1, 0.15) is 30.7 Å². The Bertz CT molecular complexity index is 347. The number of hydrogen-bond acceptors (Lipinski definition) is 4. The zero-order valence-corrected chi connectivity index (χ0v) is 12.1. The van der Waals surface area contributed by atoms with Crippen LogP contribution in [0.5, 0.6) is 0 Å². The van der Waals surface area contributed by atoms with E-state index in [1.54, 1.807) is 11.3 Å². The standard InChI is InChI=1S/C14H23NO2S/c1-12(13-5-3-8-18-13)15(2)9-14(10-16)6-4-7-17-11-14/h3,5,8,12,16H,4,6-7,9-11H2,1-2H3. The molecule has 2 unspecified atom stereocenters. The van der Waals surface area contributed by atoms with Gasteiger partial charge in [-0.2, -0.15) is 0 Å². The van der Waals surface area contributed by atoms with E-state index in [1.165, 1.54) is 4.88 Å². The topological polar surface area (TPSA) is 32.7 Å². The van der Waals surface area contributed by atoms with Gasteiger partial charge in [0.05, 0.1) is 13.2 Å². The summed E-state index contributed by atoms with van der Waals surface area (Å²) < 4.78 is 5.56. The van der Waals surface area contributed by atoms with Crippen molar-refractivity contribution >= 4 is 11.3 Å². The minimum atomic E-state index is -0.0709. The Labute approximate surface area is 113 Å². The summed E-state index contributed by atoms with van der Waals surface area (Å²) in [5, 5.41) is 11.8. The SMILES string of the molecule is CC(c1cccs1)N(C)CC1(CO)CCCOC1. The van der Waals surface area contributed by atoms with Gasteiger partial charge in [-0.05, 0) is 38.3 Å². The average molecular weight is 269 g/mol. The first-order valence-electron chi connectivity index (χ1n) is 6.59. The van der Waals surface area contributed by atoms with Gasteiger partial charge in [0.2, 0.25) is 0 Å². The van der Waals surface area contributed by atoms with Crippen molar-refractivity contribution in [2.45, 2.75) is 25.8 Å². The van der Waals surface area contributed by atoms with Crippen LogP contribution in [0.4, 0.5) is 0 Å². The number of rotatable bonds is 5. The highest BCUT2D eigenvalue weighted by Gasteiger charge is 2.34. The zero-order valence-electron chi connectivity index (χ0n) is 11.3. The van der Waals surface area contributed by atoms with E-state index in [2.05, 4.69) is 36.4 Å². The maximum atomic E-state index is 9.70. The van der Waals surface area contributed by atoms with Crippen LogP contribution in [0.3, 0.4) is 0 Å². The van der Waals surface area contributed by atoms with Gasteiger partial charge in [0.25, 0.3) is 0 Å². The summed E-state index contributed by atoms with van der Waals surface area (Å²) in [5.74, 6) is 0. The molecule has 1 aromatic heterocycles. The van der Waals surface area contributed by atoms with Gasteiger partial charge in [0.15, 0.2) is 0 Å². The molecule has 0 bridgehead atoms. The predicted molar refractivity (Wildman–Crippen MR) is 74.9 cm³/mol. The van der Waals surface area contributed by atoms with E-state index in [-0.39, 0.29) is 12.0 Å². The molecule has 102 valence electrons. The van der Waals surface area contributed by atoms with Gasteiger partial charge in [-0.1, -0.05) is 6.07 Å². The molecule has 2 atom stereocenters. The Morgan fingerprint density at radius 1 is 1.61 bits per heavy atom. The van der Waals surface area contributed by atoms with Crippen molar-refractivity contribution < 1.29 is 9.84 Å². The van der Waals surface area contributed by atoms with Crippen molar-refractivity contribution in [2.75, 3.05) is 33.4 Å². The lowest BCUT2D eigenvalue weighted by Gasteiger charge is -2.40. The van der Waals surface area contributed by atoms with Crippen molar-refractivity contribution in [1.82, 2.24) is 4.90 Å². The molecule has 0 aromatic carbocycles. The third kappa shape index (κ3) is 3.12. The van der Waals surface area contributed by atoms with E-state index in [9.17, 15) is 5.11 Å². The van der Waals surface area contributed by atoms with Gasteiger partial charge < -0.3 is 9.84 Å². The van der Waals surface area contributed by atoms with Crippen LogP contribution in [0.25, 0.3) is 0 Å². The molecule has 2 heterocycles. The van der Waals surface area contributed by atoms with Crippen molar-refractivity contribution in [3.05, 3.63) is 22.4 Å². The second-order valence-electron chi connectivity index (χ2n) is 5.42. The molecule has 3 nitrogen and oxygen atoms in total. The monoisotopic (exact) mass is 269 g/mol. The van der Waals surface area contributed by atoms with Crippen LogP contribution in [-0.4, -0.2) is 43.4 Å². The Morgan fingerprint density at radius 2 is 2.44 bits per heavy atom. The first kappa shape index (κ1) is 14.0. The lowest BCUT2D eigenvalue weighted by atomic mass is 9.82. The number of ether oxygens (including phenoxy) is 1. The Balaban J connectivity index is 1.98.